The van der Waals surface area contributed by atoms with E-state index in [0.717, 1.165) is 16.5 Å². The topological polar surface area (TPSA) is 82.0 Å². The molecular formula is C10H15N3OS2. The molecule has 0 saturated heterocycles. The maximum atomic E-state index is 11.2. The molecule has 1 heterocycles. The number of nitrogens with zero attached hydrogens (tertiary/aromatic N) is 1. The molecule has 16 heavy (non-hydrogen) atoms. The summed E-state index contributed by atoms with van der Waals surface area (Å²) in [4.78, 5) is 15.6. The van der Waals surface area contributed by atoms with Crippen molar-refractivity contribution in [3.05, 3.63) is 11.1 Å². The molecule has 1 saturated carbocycles. The Hall–Kier alpha value is -0.590. The van der Waals surface area contributed by atoms with Gasteiger partial charge in [0.25, 0.3) is 0 Å². The van der Waals surface area contributed by atoms with Gasteiger partial charge < -0.3 is 11.5 Å². The highest BCUT2D eigenvalue weighted by molar-refractivity contribution is 8.01. The van der Waals surface area contributed by atoms with Gasteiger partial charge in [-0.1, -0.05) is 11.8 Å². The van der Waals surface area contributed by atoms with E-state index >= 15 is 0 Å². The molecule has 0 spiro atoms. The van der Waals surface area contributed by atoms with E-state index in [9.17, 15) is 4.79 Å². The van der Waals surface area contributed by atoms with Gasteiger partial charge in [-0.3, -0.25) is 4.79 Å². The monoisotopic (exact) mass is 257 g/mol. The van der Waals surface area contributed by atoms with Gasteiger partial charge in [-0.15, -0.1) is 11.3 Å². The second-order valence-electron chi connectivity index (χ2n) is 4.26. The lowest BCUT2D eigenvalue weighted by atomic mass is 9.99. The van der Waals surface area contributed by atoms with Crippen LogP contribution in [0.3, 0.4) is 0 Å². The van der Waals surface area contributed by atoms with Crippen molar-refractivity contribution in [2.24, 2.45) is 11.5 Å². The van der Waals surface area contributed by atoms with E-state index in [-0.39, 0.29) is 5.91 Å². The number of hydrogen-bond acceptors (Lipinski definition) is 5. The average Bonchev–Trinajstić information content (AvgIpc) is 2.75. The Balaban J connectivity index is 1.97. The van der Waals surface area contributed by atoms with Gasteiger partial charge in [-0.25, -0.2) is 4.98 Å². The first kappa shape index (κ1) is 11.9. The summed E-state index contributed by atoms with van der Waals surface area (Å²) in [5.74, 6) is -0.383. The van der Waals surface area contributed by atoms with Crippen LogP contribution in [0.4, 0.5) is 0 Å². The molecule has 0 aliphatic heterocycles. The van der Waals surface area contributed by atoms with E-state index in [0.29, 0.717) is 18.1 Å². The first-order valence-corrected chi connectivity index (χ1v) is 6.93. The lowest BCUT2D eigenvalue weighted by Gasteiger charge is -2.18. The van der Waals surface area contributed by atoms with Gasteiger partial charge >= 0.3 is 0 Å². The maximum Gasteiger partial charge on any atom is 0.237 e. The van der Waals surface area contributed by atoms with E-state index in [1.54, 1.807) is 23.1 Å². The molecular weight excluding hydrogens is 242 g/mol. The lowest BCUT2D eigenvalue weighted by molar-refractivity contribution is -0.122. The molecule has 1 aliphatic rings. The predicted molar refractivity (Wildman–Crippen MR) is 66.5 cm³/mol. The van der Waals surface area contributed by atoms with Crippen LogP contribution >= 0.6 is 23.1 Å². The number of thiazole rings is 1. The van der Waals surface area contributed by atoms with Crippen molar-refractivity contribution in [3.8, 4) is 0 Å². The maximum absolute atomic E-state index is 11.2. The Kier molecular flexibility index (Phi) is 3.23. The zero-order valence-corrected chi connectivity index (χ0v) is 10.7. The highest BCUT2D eigenvalue weighted by Crippen LogP contribution is 2.39. The van der Waals surface area contributed by atoms with Crippen LogP contribution in [0.25, 0.3) is 0 Å². The fourth-order valence-corrected chi connectivity index (χ4v) is 4.28. The molecule has 2 unspecified atom stereocenters. The predicted octanol–water partition coefficient (Wildman–Crippen LogP) is 1.28. The summed E-state index contributed by atoms with van der Waals surface area (Å²) in [5, 5.41) is 2.39. The lowest BCUT2D eigenvalue weighted by Crippen LogP contribution is -2.50. The SMILES string of the molecule is Cc1csc(SC2CCC(N)(C(N)=O)C2)n1. The molecule has 4 nitrogen and oxygen atoms in total. The summed E-state index contributed by atoms with van der Waals surface area (Å²) in [6.07, 6.45) is 2.28. The molecule has 1 fully saturated rings. The van der Waals surface area contributed by atoms with Crippen LogP contribution in [-0.2, 0) is 4.79 Å². The van der Waals surface area contributed by atoms with Crippen molar-refractivity contribution < 1.29 is 4.79 Å². The minimum absolute atomic E-state index is 0.364. The summed E-state index contributed by atoms with van der Waals surface area (Å²) in [7, 11) is 0. The number of aryl methyl sites for hydroxylation is 1. The molecule has 1 amide bonds. The third-order valence-electron chi connectivity index (χ3n) is 2.86. The van der Waals surface area contributed by atoms with Crippen LogP contribution in [0.1, 0.15) is 25.0 Å². The normalized spacial score (nSPS) is 29.5. The van der Waals surface area contributed by atoms with Crippen molar-refractivity contribution in [2.45, 2.75) is 41.3 Å². The smallest absolute Gasteiger partial charge is 0.237 e. The van der Waals surface area contributed by atoms with Gasteiger partial charge in [0.2, 0.25) is 5.91 Å². The molecule has 4 N–H and O–H groups in total. The molecule has 0 bridgehead atoms. The number of carbonyl (C=O) groups is 1. The number of nitrogens with two attached hydrogens (primary N) is 2. The first-order valence-electron chi connectivity index (χ1n) is 5.17. The number of amides is 1. The number of thioether (sulfide) groups is 1. The molecule has 1 aliphatic carbocycles. The Morgan fingerprint density at radius 1 is 1.75 bits per heavy atom. The summed E-state index contributed by atoms with van der Waals surface area (Å²) < 4.78 is 1.05. The zero-order chi connectivity index (χ0) is 11.8. The largest absolute Gasteiger partial charge is 0.368 e. The molecule has 1 aromatic heterocycles. The molecule has 6 heteroatoms. The standard InChI is InChI=1S/C10H15N3OS2/c1-6-5-15-9(13-6)16-7-2-3-10(12,4-7)8(11)14/h5,7H,2-4,12H2,1H3,(H2,11,14). The second-order valence-corrected chi connectivity index (χ2v) is 6.66. The fourth-order valence-electron chi connectivity index (χ4n) is 1.88. The van der Waals surface area contributed by atoms with Crippen LogP contribution < -0.4 is 11.5 Å². The van der Waals surface area contributed by atoms with Crippen molar-refractivity contribution in [1.29, 1.82) is 0 Å². The van der Waals surface area contributed by atoms with Crippen LogP contribution in [0.15, 0.2) is 9.72 Å². The van der Waals surface area contributed by atoms with Crippen LogP contribution in [0.2, 0.25) is 0 Å². The van der Waals surface area contributed by atoms with Crippen molar-refractivity contribution in [1.82, 2.24) is 4.98 Å². The summed E-state index contributed by atoms with van der Waals surface area (Å²) in [6.45, 7) is 1.98. The second kappa shape index (κ2) is 4.35. The number of primary amides is 1. The molecule has 2 rings (SSSR count). The third kappa shape index (κ3) is 2.39. The van der Waals surface area contributed by atoms with Gasteiger partial charge in [0.15, 0.2) is 0 Å². The van der Waals surface area contributed by atoms with E-state index < -0.39 is 5.54 Å². The third-order valence-corrected chi connectivity index (χ3v) is 5.22. The van der Waals surface area contributed by atoms with Gasteiger partial charge in [-0.2, -0.15) is 0 Å². The van der Waals surface area contributed by atoms with Crippen LogP contribution in [0.5, 0.6) is 0 Å². The Morgan fingerprint density at radius 2 is 2.50 bits per heavy atom. The molecule has 0 aromatic carbocycles. The Bertz CT molecular complexity index is 407. The van der Waals surface area contributed by atoms with E-state index in [1.807, 2.05) is 12.3 Å². The van der Waals surface area contributed by atoms with Gasteiger partial charge in [0.05, 0.1) is 5.54 Å². The minimum Gasteiger partial charge on any atom is -0.368 e. The van der Waals surface area contributed by atoms with Crippen LogP contribution in [0, 0.1) is 6.92 Å². The minimum atomic E-state index is -0.802. The zero-order valence-electron chi connectivity index (χ0n) is 9.10. The van der Waals surface area contributed by atoms with Crippen molar-refractivity contribution in [2.75, 3.05) is 0 Å². The first-order chi connectivity index (χ1) is 7.49. The summed E-state index contributed by atoms with van der Waals surface area (Å²) >= 11 is 3.35. The number of aromatic nitrogens is 1. The van der Waals surface area contributed by atoms with E-state index in [4.69, 9.17) is 11.5 Å². The van der Waals surface area contributed by atoms with E-state index in [2.05, 4.69) is 4.98 Å². The highest BCUT2D eigenvalue weighted by Gasteiger charge is 2.41. The Morgan fingerprint density at radius 3 is 3.00 bits per heavy atom. The average molecular weight is 257 g/mol. The summed E-state index contributed by atoms with van der Waals surface area (Å²) in [5.41, 5.74) is 11.5. The van der Waals surface area contributed by atoms with Gasteiger partial charge in [0.1, 0.15) is 4.34 Å². The van der Waals surface area contributed by atoms with E-state index in [1.165, 1.54) is 0 Å². The molecule has 0 radical (unpaired) electrons. The molecule has 88 valence electrons. The number of carbonyl (C=O) groups excluding carboxylic acids is 1. The molecule has 2 atom stereocenters. The quantitative estimate of drug-likeness (QED) is 0.854. The number of hydrogen-bond donors (Lipinski definition) is 2. The van der Waals surface area contributed by atoms with Gasteiger partial charge in [-0.05, 0) is 26.2 Å². The van der Waals surface area contributed by atoms with Crippen molar-refractivity contribution >= 4 is 29.0 Å². The Labute approximate surface area is 103 Å². The number of rotatable bonds is 3. The highest BCUT2D eigenvalue weighted by atomic mass is 32.2. The van der Waals surface area contributed by atoms with Crippen LogP contribution in [-0.4, -0.2) is 21.7 Å². The molecule has 1 aromatic rings. The van der Waals surface area contributed by atoms with Gasteiger partial charge in [0, 0.05) is 16.3 Å². The summed E-state index contributed by atoms with van der Waals surface area (Å²) in [6, 6.07) is 0. The van der Waals surface area contributed by atoms with Crippen molar-refractivity contribution in [3.63, 3.8) is 0 Å². The fraction of sp³-hybridized carbons (Fsp3) is 0.600.